The first kappa shape index (κ1) is 29.1. The van der Waals surface area contributed by atoms with Gasteiger partial charge < -0.3 is 13.9 Å². The molecule has 11 rings (SSSR count). The number of nitrogens with zero attached hydrogens (tertiary/aromatic N) is 2. The smallest absolute Gasteiger partial charge is 0.137 e. The summed E-state index contributed by atoms with van der Waals surface area (Å²) in [5, 5.41) is 7.24. The van der Waals surface area contributed by atoms with Crippen LogP contribution >= 0.6 is 11.3 Å². The van der Waals surface area contributed by atoms with Gasteiger partial charge in [0, 0.05) is 60.1 Å². The molecule has 0 bridgehead atoms. The SMILES string of the molecule is c1ccc(-c2cccc(N(c3ccc4c(c3)oc3ccccc34)c3cc(-n4c5ccccc5c5ccccc54)c4sc5ccccc5c4c3)c2)cc1. The Bertz CT molecular complexity index is 3100. The van der Waals surface area contributed by atoms with Crippen molar-refractivity contribution in [2.24, 2.45) is 0 Å². The number of thiophene rings is 1. The molecule has 0 spiro atoms. The molecule has 0 saturated heterocycles. The van der Waals surface area contributed by atoms with Gasteiger partial charge >= 0.3 is 0 Å². The van der Waals surface area contributed by atoms with Crippen LogP contribution in [-0.2, 0) is 0 Å². The molecule has 3 aromatic heterocycles. The molecule has 0 radical (unpaired) electrons. The van der Waals surface area contributed by atoms with Crippen molar-refractivity contribution in [1.82, 2.24) is 4.57 Å². The van der Waals surface area contributed by atoms with E-state index in [0.717, 1.165) is 44.6 Å². The summed E-state index contributed by atoms with van der Waals surface area (Å²) in [7, 11) is 0. The number of hydrogen-bond donors (Lipinski definition) is 0. The quantitative estimate of drug-likeness (QED) is 0.180. The highest BCUT2D eigenvalue weighted by atomic mass is 32.1. The molecule has 0 fully saturated rings. The second-order valence-electron chi connectivity index (χ2n) is 13.3. The van der Waals surface area contributed by atoms with Gasteiger partial charge in [-0.15, -0.1) is 11.3 Å². The minimum absolute atomic E-state index is 0.868. The topological polar surface area (TPSA) is 21.3 Å². The highest BCUT2D eigenvalue weighted by molar-refractivity contribution is 7.26. The van der Waals surface area contributed by atoms with Crippen LogP contribution in [0.3, 0.4) is 0 Å². The van der Waals surface area contributed by atoms with E-state index in [2.05, 4.69) is 179 Å². The fraction of sp³-hybridized carbons (Fsp3) is 0. The van der Waals surface area contributed by atoms with E-state index in [9.17, 15) is 0 Å². The molecule has 11 aromatic rings. The third-order valence-corrected chi connectivity index (χ3v) is 11.6. The fourth-order valence-electron chi connectivity index (χ4n) is 8.03. The maximum absolute atomic E-state index is 6.47. The van der Waals surface area contributed by atoms with E-state index in [1.807, 2.05) is 23.5 Å². The summed E-state index contributed by atoms with van der Waals surface area (Å²) in [5.41, 5.74) is 10.8. The fourth-order valence-corrected chi connectivity index (χ4v) is 9.22. The summed E-state index contributed by atoms with van der Waals surface area (Å²) in [6.07, 6.45) is 0. The Morgan fingerprint density at radius 2 is 1.04 bits per heavy atom. The van der Waals surface area contributed by atoms with Gasteiger partial charge in [0.2, 0.25) is 0 Å². The average Bonchev–Trinajstić information content (AvgIpc) is 3.88. The van der Waals surface area contributed by atoms with Gasteiger partial charge in [-0.3, -0.25) is 0 Å². The van der Waals surface area contributed by atoms with Crippen molar-refractivity contribution in [3.63, 3.8) is 0 Å². The number of furan rings is 1. The highest BCUT2D eigenvalue weighted by Gasteiger charge is 2.22. The summed E-state index contributed by atoms with van der Waals surface area (Å²) in [5.74, 6) is 0. The minimum Gasteiger partial charge on any atom is -0.456 e. The van der Waals surface area contributed by atoms with Crippen molar-refractivity contribution in [2.45, 2.75) is 0 Å². The Morgan fingerprint density at radius 3 is 1.85 bits per heavy atom. The summed E-state index contributed by atoms with van der Waals surface area (Å²) in [6.45, 7) is 0. The molecule has 0 unspecified atom stereocenters. The van der Waals surface area contributed by atoms with Crippen LogP contribution in [0.5, 0.6) is 0 Å². The van der Waals surface area contributed by atoms with Crippen molar-refractivity contribution in [3.8, 4) is 16.8 Å². The molecule has 0 aliphatic rings. The van der Waals surface area contributed by atoms with E-state index < -0.39 is 0 Å². The van der Waals surface area contributed by atoms with Crippen LogP contribution in [0.2, 0.25) is 0 Å². The second-order valence-corrected chi connectivity index (χ2v) is 14.4. The summed E-state index contributed by atoms with van der Waals surface area (Å²) in [4.78, 5) is 2.39. The second kappa shape index (κ2) is 11.5. The zero-order valence-electron chi connectivity index (χ0n) is 28.0. The van der Waals surface area contributed by atoms with Gasteiger partial charge in [0.05, 0.1) is 21.4 Å². The standard InChI is InChI=1S/C48H30N2OS/c1-2-13-31(14-3-1)32-15-12-16-33(27-32)49(34-25-26-39-38-19-6-10-23-45(38)51-46(39)30-34)35-28-41-40-20-7-11-24-47(40)52-48(41)44(29-35)50-42-21-8-4-17-36(42)37-18-5-9-22-43(37)50/h1-30H. The number of rotatable bonds is 5. The van der Waals surface area contributed by atoms with Crippen LogP contribution in [0.4, 0.5) is 17.1 Å². The van der Waals surface area contributed by atoms with Gasteiger partial charge in [-0.1, -0.05) is 115 Å². The largest absolute Gasteiger partial charge is 0.456 e. The first-order chi connectivity index (χ1) is 25.8. The Labute approximate surface area is 303 Å². The monoisotopic (exact) mass is 682 g/mol. The van der Waals surface area contributed by atoms with Crippen molar-refractivity contribution < 1.29 is 4.42 Å². The van der Waals surface area contributed by atoms with Gasteiger partial charge in [-0.25, -0.2) is 0 Å². The van der Waals surface area contributed by atoms with Gasteiger partial charge in [0.1, 0.15) is 11.2 Å². The first-order valence-corrected chi connectivity index (χ1v) is 18.4. The normalized spacial score (nSPS) is 11.8. The first-order valence-electron chi connectivity index (χ1n) is 17.6. The lowest BCUT2D eigenvalue weighted by molar-refractivity contribution is 0.669. The Kier molecular flexibility index (Phi) is 6.42. The number of aromatic nitrogens is 1. The average molecular weight is 683 g/mol. The molecule has 3 heterocycles. The van der Waals surface area contributed by atoms with Crippen LogP contribution in [-0.4, -0.2) is 4.57 Å². The lowest BCUT2D eigenvalue weighted by atomic mass is 10.0. The molecule has 0 N–H and O–H groups in total. The molecule has 8 aromatic carbocycles. The Hall–Kier alpha value is -6.62. The zero-order valence-corrected chi connectivity index (χ0v) is 28.8. The predicted octanol–water partition coefficient (Wildman–Crippen LogP) is 14.2. The van der Waals surface area contributed by atoms with Crippen LogP contribution in [0, 0.1) is 0 Å². The van der Waals surface area contributed by atoms with E-state index in [4.69, 9.17) is 4.42 Å². The summed E-state index contributed by atoms with van der Waals surface area (Å²) >= 11 is 1.87. The molecule has 0 atom stereocenters. The van der Waals surface area contributed by atoms with E-state index >= 15 is 0 Å². The van der Waals surface area contributed by atoms with Crippen molar-refractivity contribution >= 4 is 92.3 Å². The lowest BCUT2D eigenvalue weighted by Gasteiger charge is -2.27. The molecule has 0 saturated carbocycles. The van der Waals surface area contributed by atoms with Crippen molar-refractivity contribution in [2.75, 3.05) is 4.90 Å². The molecule has 52 heavy (non-hydrogen) atoms. The summed E-state index contributed by atoms with van der Waals surface area (Å²) < 4.78 is 11.5. The Morgan fingerprint density at radius 1 is 0.404 bits per heavy atom. The maximum Gasteiger partial charge on any atom is 0.137 e. The van der Waals surface area contributed by atoms with E-state index in [1.165, 1.54) is 53.2 Å². The van der Waals surface area contributed by atoms with Crippen molar-refractivity contribution in [3.05, 3.63) is 182 Å². The van der Waals surface area contributed by atoms with Crippen molar-refractivity contribution in [1.29, 1.82) is 0 Å². The highest BCUT2D eigenvalue weighted by Crippen LogP contribution is 2.46. The van der Waals surface area contributed by atoms with E-state index in [1.54, 1.807) is 0 Å². The Balaban J connectivity index is 1.24. The molecule has 0 amide bonds. The third kappa shape index (κ3) is 4.45. The van der Waals surface area contributed by atoms with E-state index in [-0.39, 0.29) is 0 Å². The molecular weight excluding hydrogens is 653 g/mol. The predicted molar refractivity (Wildman–Crippen MR) is 221 cm³/mol. The van der Waals surface area contributed by atoms with Gasteiger partial charge in [0.15, 0.2) is 0 Å². The van der Waals surface area contributed by atoms with Crippen LogP contribution in [0.1, 0.15) is 0 Å². The molecule has 244 valence electrons. The maximum atomic E-state index is 6.47. The van der Waals surface area contributed by atoms with Crippen LogP contribution in [0.25, 0.3) is 80.7 Å². The molecule has 0 aliphatic carbocycles. The summed E-state index contributed by atoms with van der Waals surface area (Å²) in [6, 6.07) is 65.5. The van der Waals surface area contributed by atoms with Crippen LogP contribution < -0.4 is 4.90 Å². The number of fused-ring (bicyclic) bond motifs is 9. The molecule has 0 aliphatic heterocycles. The number of para-hydroxylation sites is 3. The van der Waals surface area contributed by atoms with Crippen LogP contribution in [0.15, 0.2) is 186 Å². The number of benzene rings is 8. The number of anilines is 3. The molecule has 4 heteroatoms. The van der Waals surface area contributed by atoms with Gasteiger partial charge in [-0.05, 0) is 71.8 Å². The number of hydrogen-bond acceptors (Lipinski definition) is 3. The lowest BCUT2D eigenvalue weighted by Crippen LogP contribution is -2.11. The molecule has 3 nitrogen and oxygen atoms in total. The zero-order chi connectivity index (χ0) is 34.2. The van der Waals surface area contributed by atoms with Gasteiger partial charge in [0.25, 0.3) is 0 Å². The molecular formula is C48H30N2OS. The van der Waals surface area contributed by atoms with Gasteiger partial charge in [-0.2, -0.15) is 0 Å². The third-order valence-electron chi connectivity index (χ3n) is 10.4. The minimum atomic E-state index is 0.868. The van der Waals surface area contributed by atoms with E-state index in [0.29, 0.717) is 0 Å².